The zero-order chi connectivity index (χ0) is 13.1. The molecular formula is C13H9ClFNOS. The van der Waals surface area contributed by atoms with Crippen LogP contribution in [0.5, 0.6) is 0 Å². The number of hydrogen-bond acceptors (Lipinski definition) is 2. The lowest BCUT2D eigenvalue weighted by molar-refractivity contribution is 0.102. The molecule has 1 N–H and O–H groups in total. The minimum Gasteiger partial charge on any atom is -0.318 e. The highest BCUT2D eigenvalue weighted by molar-refractivity contribution is 7.80. The first-order valence-electron chi connectivity index (χ1n) is 5.13. The second-order valence-corrected chi connectivity index (χ2v) is 4.46. The molecular weight excluding hydrogens is 273 g/mol. The van der Waals surface area contributed by atoms with Crippen LogP contribution in [0, 0.1) is 5.82 Å². The summed E-state index contributed by atoms with van der Waals surface area (Å²) in [6.45, 7) is 0. The van der Waals surface area contributed by atoms with Crippen LogP contribution in [0.4, 0.5) is 10.1 Å². The average molecular weight is 282 g/mol. The second-order valence-electron chi connectivity index (χ2n) is 3.57. The Labute approximate surface area is 114 Å². The maximum absolute atomic E-state index is 13.5. The molecule has 0 saturated heterocycles. The van der Waals surface area contributed by atoms with E-state index in [1.165, 1.54) is 18.2 Å². The van der Waals surface area contributed by atoms with Gasteiger partial charge in [0.2, 0.25) is 0 Å². The number of para-hydroxylation sites is 1. The molecule has 5 heteroatoms. The summed E-state index contributed by atoms with van der Waals surface area (Å²) in [6.07, 6.45) is 0. The molecule has 0 heterocycles. The van der Waals surface area contributed by atoms with Gasteiger partial charge in [0.25, 0.3) is 5.91 Å². The monoisotopic (exact) mass is 281 g/mol. The smallest absolute Gasteiger partial charge is 0.256 e. The molecule has 2 nitrogen and oxygen atoms in total. The molecule has 92 valence electrons. The minimum absolute atomic E-state index is 0.0271. The third kappa shape index (κ3) is 2.66. The Morgan fingerprint density at radius 1 is 1.17 bits per heavy atom. The molecule has 0 aliphatic carbocycles. The normalized spacial score (nSPS) is 10.2. The Balaban J connectivity index is 2.30. The van der Waals surface area contributed by atoms with Crippen LogP contribution in [0.25, 0.3) is 0 Å². The maximum atomic E-state index is 13.5. The first-order chi connectivity index (χ1) is 8.59. The number of benzene rings is 2. The van der Waals surface area contributed by atoms with E-state index < -0.39 is 11.7 Å². The van der Waals surface area contributed by atoms with Gasteiger partial charge < -0.3 is 5.32 Å². The lowest BCUT2D eigenvalue weighted by Crippen LogP contribution is -2.14. The van der Waals surface area contributed by atoms with Crippen molar-refractivity contribution < 1.29 is 9.18 Å². The maximum Gasteiger partial charge on any atom is 0.256 e. The van der Waals surface area contributed by atoms with Crippen molar-refractivity contribution in [2.24, 2.45) is 0 Å². The molecule has 0 fully saturated rings. The van der Waals surface area contributed by atoms with E-state index in [0.29, 0.717) is 10.5 Å². The molecule has 2 aromatic rings. The van der Waals surface area contributed by atoms with Gasteiger partial charge in [0.05, 0.1) is 16.3 Å². The molecule has 1 amide bonds. The van der Waals surface area contributed by atoms with Gasteiger partial charge in [-0.25, -0.2) is 4.39 Å². The zero-order valence-corrected chi connectivity index (χ0v) is 10.8. The van der Waals surface area contributed by atoms with Gasteiger partial charge in [-0.05, 0) is 24.3 Å². The van der Waals surface area contributed by atoms with Crippen molar-refractivity contribution >= 4 is 35.8 Å². The predicted octanol–water partition coefficient (Wildman–Crippen LogP) is 4.02. The summed E-state index contributed by atoms with van der Waals surface area (Å²) in [5.74, 6) is -1.03. The van der Waals surface area contributed by atoms with Crippen LogP contribution >= 0.6 is 24.2 Å². The Morgan fingerprint density at radius 2 is 1.89 bits per heavy atom. The zero-order valence-electron chi connectivity index (χ0n) is 9.15. The highest BCUT2D eigenvalue weighted by Crippen LogP contribution is 2.25. The van der Waals surface area contributed by atoms with E-state index in [1.54, 1.807) is 24.3 Å². The molecule has 0 unspecified atom stereocenters. The van der Waals surface area contributed by atoms with E-state index in [2.05, 4.69) is 17.9 Å². The molecule has 0 aromatic heterocycles. The van der Waals surface area contributed by atoms with E-state index in [4.69, 9.17) is 11.6 Å². The van der Waals surface area contributed by atoms with Crippen LogP contribution in [0.15, 0.2) is 47.4 Å². The van der Waals surface area contributed by atoms with Crippen LogP contribution < -0.4 is 5.32 Å². The number of halogens is 2. The van der Waals surface area contributed by atoms with Crippen LogP contribution in [0.1, 0.15) is 10.4 Å². The first kappa shape index (κ1) is 12.9. The summed E-state index contributed by atoms with van der Waals surface area (Å²) in [5, 5.41) is 2.59. The third-order valence-corrected chi connectivity index (χ3v) is 3.05. The number of rotatable bonds is 2. The minimum atomic E-state index is -0.576. The van der Waals surface area contributed by atoms with E-state index in [0.717, 1.165) is 0 Å². The van der Waals surface area contributed by atoms with Crippen molar-refractivity contribution in [3.8, 4) is 0 Å². The fourth-order valence-electron chi connectivity index (χ4n) is 1.46. The van der Waals surface area contributed by atoms with Crippen LogP contribution in [0.3, 0.4) is 0 Å². The van der Waals surface area contributed by atoms with Crippen molar-refractivity contribution in [1.82, 2.24) is 0 Å². The molecule has 0 saturated carbocycles. The summed E-state index contributed by atoms with van der Waals surface area (Å²) < 4.78 is 13.5. The SMILES string of the molecule is O=C(Nc1c(F)cccc1Cl)c1ccccc1S. The number of nitrogens with one attached hydrogen (secondary N) is 1. The number of carbonyl (C=O) groups is 1. The molecule has 0 radical (unpaired) electrons. The van der Waals surface area contributed by atoms with Gasteiger partial charge in [-0.1, -0.05) is 29.8 Å². The topological polar surface area (TPSA) is 29.1 Å². The average Bonchev–Trinajstić information content (AvgIpc) is 2.34. The number of anilines is 1. The molecule has 0 aliphatic rings. The molecule has 0 bridgehead atoms. The van der Waals surface area contributed by atoms with Gasteiger partial charge in [-0.2, -0.15) is 0 Å². The molecule has 0 spiro atoms. The Morgan fingerprint density at radius 3 is 2.56 bits per heavy atom. The lowest BCUT2D eigenvalue weighted by Gasteiger charge is -2.09. The van der Waals surface area contributed by atoms with E-state index in [1.807, 2.05) is 0 Å². The lowest BCUT2D eigenvalue weighted by atomic mass is 10.2. The molecule has 2 rings (SSSR count). The predicted molar refractivity (Wildman–Crippen MR) is 73.1 cm³/mol. The second kappa shape index (κ2) is 5.42. The van der Waals surface area contributed by atoms with Gasteiger partial charge >= 0.3 is 0 Å². The molecule has 2 aromatic carbocycles. The van der Waals surface area contributed by atoms with Crippen molar-refractivity contribution in [3.05, 3.63) is 58.9 Å². The van der Waals surface area contributed by atoms with Gasteiger partial charge in [-0.3, -0.25) is 4.79 Å². The van der Waals surface area contributed by atoms with Gasteiger partial charge in [0.15, 0.2) is 0 Å². The summed E-state index contributed by atoms with van der Waals surface area (Å²) in [6, 6.07) is 11.0. The van der Waals surface area contributed by atoms with Crippen LogP contribution in [0.2, 0.25) is 5.02 Å². The number of thiol groups is 1. The fraction of sp³-hybridized carbons (Fsp3) is 0. The van der Waals surface area contributed by atoms with Crippen molar-refractivity contribution in [1.29, 1.82) is 0 Å². The van der Waals surface area contributed by atoms with E-state index in [9.17, 15) is 9.18 Å². The van der Waals surface area contributed by atoms with Gasteiger partial charge in [0, 0.05) is 4.90 Å². The van der Waals surface area contributed by atoms with Crippen molar-refractivity contribution in [3.63, 3.8) is 0 Å². The summed E-state index contributed by atoms with van der Waals surface area (Å²) in [7, 11) is 0. The summed E-state index contributed by atoms with van der Waals surface area (Å²) in [5.41, 5.74) is 0.334. The Hall–Kier alpha value is -1.52. The van der Waals surface area contributed by atoms with Gasteiger partial charge in [0.1, 0.15) is 5.82 Å². The van der Waals surface area contributed by atoms with Crippen LogP contribution in [-0.4, -0.2) is 5.91 Å². The fourth-order valence-corrected chi connectivity index (χ4v) is 1.94. The van der Waals surface area contributed by atoms with Crippen LogP contribution in [-0.2, 0) is 0 Å². The highest BCUT2D eigenvalue weighted by atomic mass is 35.5. The van der Waals surface area contributed by atoms with E-state index >= 15 is 0 Å². The van der Waals surface area contributed by atoms with E-state index in [-0.39, 0.29) is 10.7 Å². The Bertz CT molecular complexity index is 583. The Kier molecular flexibility index (Phi) is 3.89. The third-order valence-electron chi connectivity index (χ3n) is 2.35. The largest absolute Gasteiger partial charge is 0.318 e. The highest BCUT2D eigenvalue weighted by Gasteiger charge is 2.13. The number of carbonyl (C=O) groups excluding carboxylic acids is 1. The number of hydrogen-bond donors (Lipinski definition) is 2. The molecule has 0 aliphatic heterocycles. The first-order valence-corrected chi connectivity index (χ1v) is 5.95. The standard InChI is InChI=1S/C13H9ClFNOS/c14-9-5-3-6-10(15)12(9)16-13(17)8-4-1-2-7-11(8)18/h1-7,18H,(H,16,17). The van der Waals surface area contributed by atoms with Crippen molar-refractivity contribution in [2.75, 3.05) is 5.32 Å². The number of amides is 1. The summed E-state index contributed by atoms with van der Waals surface area (Å²) in [4.78, 5) is 12.5. The molecule has 0 atom stereocenters. The quantitative estimate of drug-likeness (QED) is 0.800. The van der Waals surface area contributed by atoms with Gasteiger partial charge in [-0.15, -0.1) is 12.6 Å². The molecule has 18 heavy (non-hydrogen) atoms. The summed E-state index contributed by atoms with van der Waals surface area (Å²) >= 11 is 9.99. The van der Waals surface area contributed by atoms with Crippen molar-refractivity contribution in [2.45, 2.75) is 4.90 Å².